The zero-order valence-electron chi connectivity index (χ0n) is 11.0. The average Bonchev–Trinajstić information content (AvgIpc) is 3.20. The van der Waals surface area contributed by atoms with E-state index in [-0.39, 0.29) is 0 Å². The Kier molecular flexibility index (Phi) is 3.92. The van der Waals surface area contributed by atoms with Crippen LogP contribution in [0.25, 0.3) is 0 Å². The number of anilines is 1. The predicted octanol–water partition coefficient (Wildman–Crippen LogP) is 2.51. The van der Waals surface area contributed by atoms with E-state index >= 15 is 0 Å². The van der Waals surface area contributed by atoms with Crippen LogP contribution in [0.1, 0.15) is 26.2 Å². The number of nitrogen functional groups attached to an aromatic ring is 1. The SMILES string of the molecule is CCCN=S(=O)(c1ccc(N)cc1)N(C)C1CC1. The monoisotopic (exact) mass is 267 g/mol. The van der Waals surface area contributed by atoms with Gasteiger partial charge in [0.05, 0.1) is 4.90 Å². The van der Waals surface area contributed by atoms with Gasteiger partial charge in [-0.2, -0.15) is 0 Å². The number of hydrogen-bond donors (Lipinski definition) is 1. The molecule has 100 valence electrons. The summed E-state index contributed by atoms with van der Waals surface area (Å²) in [6.45, 7) is 2.67. The molecule has 1 saturated carbocycles. The lowest BCUT2D eigenvalue weighted by molar-refractivity contribution is 0.506. The summed E-state index contributed by atoms with van der Waals surface area (Å²) in [5.41, 5.74) is 6.37. The molecule has 0 heterocycles. The molecular weight excluding hydrogens is 246 g/mol. The quantitative estimate of drug-likeness (QED) is 0.833. The van der Waals surface area contributed by atoms with Gasteiger partial charge in [-0.05, 0) is 43.5 Å². The third-order valence-electron chi connectivity index (χ3n) is 3.13. The molecule has 1 aliphatic rings. The Bertz CT molecular complexity index is 514. The van der Waals surface area contributed by atoms with Gasteiger partial charge in [0.2, 0.25) is 0 Å². The minimum atomic E-state index is -2.46. The highest BCUT2D eigenvalue weighted by Crippen LogP contribution is 2.31. The molecule has 1 aromatic carbocycles. The summed E-state index contributed by atoms with van der Waals surface area (Å²) in [5, 5.41) is 0. The van der Waals surface area contributed by atoms with Gasteiger partial charge in [-0.3, -0.25) is 0 Å². The highest BCUT2D eigenvalue weighted by atomic mass is 32.2. The maximum Gasteiger partial charge on any atom is 0.139 e. The summed E-state index contributed by atoms with van der Waals surface area (Å²) in [7, 11) is -0.547. The molecule has 1 atom stereocenters. The fraction of sp³-hybridized carbons (Fsp3) is 0.538. The first-order valence-corrected chi connectivity index (χ1v) is 7.86. The molecule has 2 N–H and O–H groups in total. The van der Waals surface area contributed by atoms with Crippen molar-refractivity contribution >= 4 is 15.6 Å². The molecule has 5 heteroatoms. The smallest absolute Gasteiger partial charge is 0.139 e. The van der Waals surface area contributed by atoms with Gasteiger partial charge in [-0.25, -0.2) is 12.9 Å². The van der Waals surface area contributed by atoms with E-state index < -0.39 is 9.92 Å². The fourth-order valence-corrected chi connectivity index (χ4v) is 4.03. The molecule has 0 aromatic heterocycles. The van der Waals surface area contributed by atoms with Gasteiger partial charge in [0.25, 0.3) is 0 Å². The molecule has 1 fully saturated rings. The first-order valence-electron chi connectivity index (χ1n) is 6.39. The van der Waals surface area contributed by atoms with E-state index in [1.54, 1.807) is 12.1 Å². The first kappa shape index (κ1) is 13.4. The second-order valence-corrected chi connectivity index (χ2v) is 6.99. The van der Waals surface area contributed by atoms with E-state index in [2.05, 4.69) is 4.36 Å². The van der Waals surface area contributed by atoms with Crippen LogP contribution in [-0.2, 0) is 9.92 Å². The van der Waals surface area contributed by atoms with Crippen molar-refractivity contribution in [1.29, 1.82) is 0 Å². The average molecular weight is 267 g/mol. The molecule has 1 unspecified atom stereocenters. The molecule has 2 rings (SSSR count). The Morgan fingerprint density at radius 1 is 1.39 bits per heavy atom. The molecule has 0 bridgehead atoms. The number of benzene rings is 1. The van der Waals surface area contributed by atoms with Crippen LogP contribution in [0.5, 0.6) is 0 Å². The summed E-state index contributed by atoms with van der Waals surface area (Å²) in [5.74, 6) is 0. The third kappa shape index (κ3) is 2.67. The van der Waals surface area contributed by atoms with Crippen molar-refractivity contribution in [3.8, 4) is 0 Å². The summed E-state index contributed by atoms with van der Waals surface area (Å²) in [6.07, 6.45) is 3.14. The van der Waals surface area contributed by atoms with Crippen LogP contribution in [-0.4, -0.2) is 28.1 Å². The van der Waals surface area contributed by atoms with Crippen LogP contribution in [0.2, 0.25) is 0 Å². The molecular formula is C13H21N3OS. The largest absolute Gasteiger partial charge is 0.399 e. The summed E-state index contributed by atoms with van der Waals surface area (Å²) < 4.78 is 19.5. The molecule has 0 spiro atoms. The molecule has 1 aliphatic carbocycles. The number of hydrogen-bond acceptors (Lipinski definition) is 3. The fourth-order valence-electron chi connectivity index (χ4n) is 1.83. The maximum atomic E-state index is 13.2. The van der Waals surface area contributed by atoms with Crippen LogP contribution < -0.4 is 5.73 Å². The van der Waals surface area contributed by atoms with Crippen molar-refractivity contribution < 1.29 is 4.21 Å². The Labute approximate surface area is 109 Å². The minimum absolute atomic E-state index is 0.413. The molecule has 1 aromatic rings. The van der Waals surface area contributed by atoms with Crippen molar-refractivity contribution in [3.63, 3.8) is 0 Å². The Morgan fingerprint density at radius 2 is 2.00 bits per heavy atom. The molecule has 0 saturated heterocycles. The number of rotatable bonds is 5. The second-order valence-electron chi connectivity index (χ2n) is 4.70. The van der Waals surface area contributed by atoms with E-state index in [4.69, 9.17) is 5.73 Å². The standard InChI is InChI=1S/C13H21N3OS/c1-3-10-15-18(17,16(2)12-6-7-12)13-8-4-11(14)5-9-13/h4-5,8-9,12H,3,6-7,10,14H2,1-2H3. The van der Waals surface area contributed by atoms with Crippen molar-refractivity contribution in [2.24, 2.45) is 4.36 Å². The topological polar surface area (TPSA) is 58.7 Å². The van der Waals surface area contributed by atoms with E-state index in [0.29, 0.717) is 18.3 Å². The maximum absolute atomic E-state index is 13.2. The van der Waals surface area contributed by atoms with E-state index in [0.717, 1.165) is 24.2 Å². The Balaban J connectivity index is 2.41. The zero-order valence-corrected chi connectivity index (χ0v) is 11.8. The Hall–Kier alpha value is -1.07. The van der Waals surface area contributed by atoms with Gasteiger partial charge in [-0.1, -0.05) is 6.92 Å². The summed E-state index contributed by atoms with van der Waals surface area (Å²) >= 11 is 0. The van der Waals surface area contributed by atoms with Crippen LogP contribution in [0, 0.1) is 0 Å². The second kappa shape index (κ2) is 5.28. The van der Waals surface area contributed by atoms with E-state index in [1.165, 1.54) is 0 Å². The molecule has 0 aliphatic heterocycles. The zero-order chi connectivity index (χ0) is 13.2. The van der Waals surface area contributed by atoms with Gasteiger partial charge in [0, 0.05) is 25.3 Å². The van der Waals surface area contributed by atoms with Crippen molar-refractivity contribution in [2.45, 2.75) is 37.1 Å². The third-order valence-corrected chi connectivity index (χ3v) is 5.63. The van der Waals surface area contributed by atoms with Crippen LogP contribution in [0.3, 0.4) is 0 Å². The Morgan fingerprint density at radius 3 is 2.50 bits per heavy atom. The van der Waals surface area contributed by atoms with Gasteiger partial charge < -0.3 is 5.73 Å². The number of nitrogens with zero attached hydrogens (tertiary/aromatic N) is 2. The van der Waals surface area contributed by atoms with Crippen molar-refractivity contribution in [2.75, 3.05) is 19.3 Å². The van der Waals surface area contributed by atoms with Crippen LogP contribution >= 0.6 is 0 Å². The van der Waals surface area contributed by atoms with E-state index in [9.17, 15) is 4.21 Å². The lowest BCUT2D eigenvalue weighted by Crippen LogP contribution is -2.29. The lowest BCUT2D eigenvalue weighted by Gasteiger charge is -2.21. The van der Waals surface area contributed by atoms with Gasteiger partial charge in [0.15, 0.2) is 0 Å². The van der Waals surface area contributed by atoms with Gasteiger partial charge in [-0.15, -0.1) is 0 Å². The normalized spacial score (nSPS) is 18.6. The van der Waals surface area contributed by atoms with Crippen LogP contribution in [0.15, 0.2) is 33.5 Å². The van der Waals surface area contributed by atoms with Gasteiger partial charge >= 0.3 is 0 Å². The minimum Gasteiger partial charge on any atom is -0.399 e. The molecule has 0 amide bonds. The molecule has 18 heavy (non-hydrogen) atoms. The van der Waals surface area contributed by atoms with Gasteiger partial charge in [0.1, 0.15) is 9.92 Å². The summed E-state index contributed by atoms with van der Waals surface area (Å²) in [6, 6.07) is 7.65. The van der Waals surface area contributed by atoms with Crippen LogP contribution in [0.4, 0.5) is 5.69 Å². The lowest BCUT2D eigenvalue weighted by atomic mass is 10.3. The molecule has 4 nitrogen and oxygen atoms in total. The van der Waals surface area contributed by atoms with E-state index in [1.807, 2.05) is 30.4 Å². The number of nitrogens with two attached hydrogens (primary N) is 1. The van der Waals surface area contributed by atoms with Crippen molar-refractivity contribution in [1.82, 2.24) is 4.31 Å². The molecule has 0 radical (unpaired) electrons. The highest BCUT2D eigenvalue weighted by molar-refractivity contribution is 7.91. The highest BCUT2D eigenvalue weighted by Gasteiger charge is 2.33. The summed E-state index contributed by atoms with van der Waals surface area (Å²) in [4.78, 5) is 0.763. The first-order chi connectivity index (χ1) is 8.58. The van der Waals surface area contributed by atoms with Crippen molar-refractivity contribution in [3.05, 3.63) is 24.3 Å². The predicted molar refractivity (Wildman–Crippen MR) is 75.6 cm³/mol.